The normalized spacial score (nSPS) is 22.0. The summed E-state index contributed by atoms with van der Waals surface area (Å²) in [5, 5.41) is 1.68. The number of rotatable bonds is 4. The highest BCUT2D eigenvalue weighted by Crippen LogP contribution is 2.25. The first kappa shape index (κ1) is 14.9. The molecule has 1 atom stereocenters. The molecule has 2 N–H and O–H groups in total. The molecule has 0 aliphatic carbocycles. The van der Waals surface area contributed by atoms with Gasteiger partial charge in [0.05, 0.1) is 4.90 Å². The molecule has 1 unspecified atom stereocenters. The molecule has 0 amide bonds. The van der Waals surface area contributed by atoms with E-state index in [9.17, 15) is 8.42 Å². The third kappa shape index (κ3) is 3.17. The van der Waals surface area contributed by atoms with Gasteiger partial charge in [0.15, 0.2) is 0 Å². The van der Waals surface area contributed by atoms with E-state index in [2.05, 4.69) is 4.90 Å². The largest absolute Gasteiger partial charge is 0.326 e. The van der Waals surface area contributed by atoms with Gasteiger partial charge < -0.3 is 10.6 Å². The van der Waals surface area contributed by atoms with Crippen LogP contribution in [0.25, 0.3) is 0 Å². The smallest absolute Gasteiger partial charge is 0.243 e. The number of thiophene rings is 1. The average molecular weight is 303 g/mol. The maximum Gasteiger partial charge on any atom is 0.243 e. The lowest BCUT2D eigenvalue weighted by molar-refractivity contribution is 0.187. The molecule has 1 aliphatic rings. The quantitative estimate of drug-likeness (QED) is 0.898. The minimum atomic E-state index is -3.39. The van der Waals surface area contributed by atoms with Crippen molar-refractivity contribution in [1.29, 1.82) is 0 Å². The summed E-state index contributed by atoms with van der Waals surface area (Å²) in [5.41, 5.74) is 5.54. The van der Waals surface area contributed by atoms with E-state index in [1.54, 1.807) is 18.5 Å². The topological polar surface area (TPSA) is 66.6 Å². The Morgan fingerprint density at radius 2 is 2.32 bits per heavy atom. The van der Waals surface area contributed by atoms with E-state index < -0.39 is 10.0 Å². The van der Waals surface area contributed by atoms with Crippen molar-refractivity contribution in [2.24, 2.45) is 5.73 Å². The highest BCUT2D eigenvalue weighted by molar-refractivity contribution is 7.89. The van der Waals surface area contributed by atoms with Crippen LogP contribution in [0.5, 0.6) is 0 Å². The van der Waals surface area contributed by atoms with Gasteiger partial charge in [-0.25, -0.2) is 8.42 Å². The molecule has 0 radical (unpaired) electrons. The summed E-state index contributed by atoms with van der Waals surface area (Å²) in [7, 11) is 0.321. The Balaban J connectivity index is 2.18. The van der Waals surface area contributed by atoms with Gasteiger partial charge in [-0.2, -0.15) is 4.31 Å². The lowest BCUT2D eigenvalue weighted by atomic mass is 10.1. The van der Waals surface area contributed by atoms with Crippen LogP contribution in [0, 0.1) is 0 Å². The molecule has 108 valence electrons. The fraction of sp³-hybridized carbons (Fsp3) is 0.667. The van der Waals surface area contributed by atoms with Crippen LogP contribution in [0.4, 0.5) is 0 Å². The van der Waals surface area contributed by atoms with Crippen molar-refractivity contribution in [3.05, 3.63) is 16.3 Å². The van der Waals surface area contributed by atoms with Gasteiger partial charge in [-0.15, -0.1) is 11.3 Å². The number of hydrogen-bond acceptors (Lipinski definition) is 5. The van der Waals surface area contributed by atoms with Crippen molar-refractivity contribution < 1.29 is 8.42 Å². The summed E-state index contributed by atoms with van der Waals surface area (Å²) < 4.78 is 26.6. The van der Waals surface area contributed by atoms with Crippen LogP contribution in [-0.4, -0.2) is 50.8 Å². The molecular formula is C12H21N3O2S2. The van der Waals surface area contributed by atoms with Gasteiger partial charge in [0.25, 0.3) is 0 Å². The molecule has 1 aromatic rings. The maximum atomic E-state index is 12.5. The predicted molar refractivity (Wildman–Crippen MR) is 77.7 cm³/mol. The first-order valence-electron chi connectivity index (χ1n) is 6.39. The predicted octanol–water partition coefficient (Wildman–Crippen LogP) is 0.922. The summed E-state index contributed by atoms with van der Waals surface area (Å²) in [6.45, 7) is 2.22. The maximum absolute atomic E-state index is 12.5. The monoisotopic (exact) mass is 303 g/mol. The average Bonchev–Trinajstić information content (AvgIpc) is 2.87. The van der Waals surface area contributed by atoms with E-state index in [0.717, 1.165) is 30.8 Å². The zero-order chi connectivity index (χ0) is 14.0. The zero-order valence-electron chi connectivity index (χ0n) is 11.4. The van der Waals surface area contributed by atoms with Crippen LogP contribution < -0.4 is 5.73 Å². The minimum Gasteiger partial charge on any atom is -0.326 e. The Kier molecular flexibility index (Phi) is 4.62. The van der Waals surface area contributed by atoms with E-state index in [4.69, 9.17) is 5.73 Å². The summed E-state index contributed by atoms with van der Waals surface area (Å²) >= 11 is 1.40. The van der Waals surface area contributed by atoms with Crippen molar-refractivity contribution in [1.82, 2.24) is 9.21 Å². The van der Waals surface area contributed by atoms with Crippen LogP contribution in [0.2, 0.25) is 0 Å². The van der Waals surface area contributed by atoms with Crippen molar-refractivity contribution in [3.63, 3.8) is 0 Å². The van der Waals surface area contributed by atoms with Gasteiger partial charge in [-0.3, -0.25) is 0 Å². The molecule has 0 aromatic carbocycles. The molecule has 1 aromatic heterocycles. The Labute approximate surface area is 119 Å². The van der Waals surface area contributed by atoms with E-state index in [-0.39, 0.29) is 6.04 Å². The molecule has 19 heavy (non-hydrogen) atoms. The van der Waals surface area contributed by atoms with Crippen LogP contribution in [0.3, 0.4) is 0 Å². The van der Waals surface area contributed by atoms with E-state index in [1.165, 1.54) is 15.6 Å². The number of likely N-dealkylation sites (N-methyl/N-ethyl adjacent to an activating group) is 2. The zero-order valence-corrected chi connectivity index (χ0v) is 13.0. The Hall–Kier alpha value is -0.470. The highest BCUT2D eigenvalue weighted by Gasteiger charge is 2.31. The molecule has 2 rings (SSSR count). The van der Waals surface area contributed by atoms with Crippen molar-refractivity contribution in [3.8, 4) is 0 Å². The first-order chi connectivity index (χ1) is 8.95. The SMILES string of the molecule is CN1CCCC(N(C)S(=O)(=O)c2csc(CN)c2)C1. The first-order valence-corrected chi connectivity index (χ1v) is 8.71. The fourth-order valence-electron chi connectivity index (χ4n) is 2.40. The molecule has 0 bridgehead atoms. The lowest BCUT2D eigenvalue weighted by Crippen LogP contribution is -2.47. The van der Waals surface area contributed by atoms with Gasteiger partial charge in [0, 0.05) is 36.4 Å². The minimum absolute atomic E-state index is 0.0602. The molecule has 1 aliphatic heterocycles. The third-order valence-corrected chi connectivity index (χ3v) is 6.62. The number of hydrogen-bond donors (Lipinski definition) is 1. The van der Waals surface area contributed by atoms with Crippen LogP contribution in [-0.2, 0) is 16.6 Å². The second-order valence-electron chi connectivity index (χ2n) is 5.03. The van der Waals surface area contributed by atoms with E-state index in [0.29, 0.717) is 11.4 Å². The summed E-state index contributed by atoms with van der Waals surface area (Å²) in [6, 6.07) is 1.74. The van der Waals surface area contributed by atoms with Crippen LogP contribution >= 0.6 is 11.3 Å². The van der Waals surface area contributed by atoms with Gasteiger partial charge in [-0.1, -0.05) is 0 Å². The summed E-state index contributed by atoms with van der Waals surface area (Å²) in [5.74, 6) is 0. The second kappa shape index (κ2) is 5.88. The number of likely N-dealkylation sites (tertiary alicyclic amines) is 1. The number of nitrogens with two attached hydrogens (primary N) is 1. The number of nitrogens with zero attached hydrogens (tertiary/aromatic N) is 2. The fourth-order valence-corrected chi connectivity index (χ4v) is 4.92. The highest BCUT2D eigenvalue weighted by atomic mass is 32.2. The lowest BCUT2D eigenvalue weighted by Gasteiger charge is -2.34. The summed E-state index contributed by atoms with van der Waals surface area (Å²) in [6.07, 6.45) is 1.96. The van der Waals surface area contributed by atoms with Crippen molar-refractivity contribution in [2.75, 3.05) is 27.2 Å². The van der Waals surface area contributed by atoms with Gasteiger partial charge in [0.2, 0.25) is 10.0 Å². The van der Waals surface area contributed by atoms with Crippen molar-refractivity contribution in [2.45, 2.75) is 30.3 Å². The second-order valence-corrected chi connectivity index (χ2v) is 8.03. The molecule has 5 nitrogen and oxygen atoms in total. The molecule has 0 saturated carbocycles. The molecule has 1 fully saturated rings. The third-order valence-electron chi connectivity index (χ3n) is 3.62. The molecule has 2 heterocycles. The Morgan fingerprint density at radius 3 is 2.89 bits per heavy atom. The van der Waals surface area contributed by atoms with Gasteiger partial charge in [-0.05, 0) is 32.5 Å². The molecule has 1 saturated heterocycles. The molecule has 0 spiro atoms. The summed E-state index contributed by atoms with van der Waals surface area (Å²) in [4.78, 5) is 3.44. The van der Waals surface area contributed by atoms with E-state index >= 15 is 0 Å². The van der Waals surface area contributed by atoms with Crippen LogP contribution in [0.1, 0.15) is 17.7 Å². The Morgan fingerprint density at radius 1 is 1.58 bits per heavy atom. The number of sulfonamides is 1. The Bertz CT molecular complexity index is 527. The molecule has 7 heteroatoms. The standard InChI is InChI=1S/C12H21N3O2S2/c1-14-5-3-4-10(8-14)15(2)19(16,17)12-6-11(7-13)18-9-12/h6,9-10H,3-5,7-8,13H2,1-2H3. The molecular weight excluding hydrogens is 282 g/mol. The van der Waals surface area contributed by atoms with E-state index in [1.807, 2.05) is 7.05 Å². The van der Waals surface area contributed by atoms with Gasteiger partial charge in [0.1, 0.15) is 0 Å². The van der Waals surface area contributed by atoms with Gasteiger partial charge >= 0.3 is 0 Å². The van der Waals surface area contributed by atoms with Crippen LogP contribution in [0.15, 0.2) is 16.3 Å². The van der Waals surface area contributed by atoms with Crippen molar-refractivity contribution >= 4 is 21.4 Å². The number of piperidine rings is 1.